The fraction of sp³-hybridized carbons (Fsp3) is 0.200. The fourth-order valence-corrected chi connectivity index (χ4v) is 2.27. The van der Waals surface area contributed by atoms with Crippen molar-refractivity contribution in [3.05, 3.63) is 59.2 Å². The van der Waals surface area contributed by atoms with Crippen LogP contribution in [-0.2, 0) is 4.74 Å². The maximum Gasteiger partial charge on any atom is 0.338 e. The quantitative estimate of drug-likeness (QED) is 0.465. The maximum atomic E-state index is 12.3. The first-order chi connectivity index (χ1) is 12.5. The summed E-state index contributed by atoms with van der Waals surface area (Å²) < 4.78 is 15.1. The van der Waals surface area contributed by atoms with Crippen molar-refractivity contribution in [3.8, 4) is 17.2 Å². The van der Waals surface area contributed by atoms with Crippen LogP contribution in [0, 0.1) is 0 Å². The molecule has 0 fully saturated rings. The van der Waals surface area contributed by atoms with Crippen LogP contribution in [0.4, 0.5) is 0 Å². The summed E-state index contributed by atoms with van der Waals surface area (Å²) in [6, 6.07) is 9.39. The molecule has 0 aromatic heterocycles. The topological polar surface area (TPSA) is 82.1 Å². The maximum absolute atomic E-state index is 12.3. The van der Waals surface area contributed by atoms with Gasteiger partial charge in [-0.1, -0.05) is 18.2 Å². The Morgan fingerprint density at radius 1 is 1.04 bits per heavy atom. The largest absolute Gasteiger partial charge is 0.507 e. The lowest BCUT2D eigenvalue weighted by atomic mass is 10.1. The van der Waals surface area contributed by atoms with E-state index in [-0.39, 0.29) is 11.3 Å². The normalized spacial score (nSPS) is 10.6. The van der Waals surface area contributed by atoms with Crippen molar-refractivity contribution in [1.29, 1.82) is 0 Å². The molecule has 0 heterocycles. The number of ether oxygens (including phenoxy) is 3. The van der Waals surface area contributed by atoms with Gasteiger partial charge >= 0.3 is 5.97 Å². The molecule has 136 valence electrons. The molecule has 6 nitrogen and oxygen atoms in total. The molecular formula is C20H20O6. The van der Waals surface area contributed by atoms with E-state index in [4.69, 9.17) is 14.2 Å². The molecule has 6 heteroatoms. The Balaban J connectivity index is 2.18. The van der Waals surface area contributed by atoms with Crippen LogP contribution in [0.1, 0.15) is 33.2 Å². The molecule has 0 bridgehead atoms. The summed E-state index contributed by atoms with van der Waals surface area (Å²) in [7, 11) is 2.89. The van der Waals surface area contributed by atoms with Crippen LogP contribution in [0.25, 0.3) is 6.08 Å². The molecule has 0 unspecified atom stereocenters. The summed E-state index contributed by atoms with van der Waals surface area (Å²) in [5, 5.41) is 10.0. The van der Waals surface area contributed by atoms with Gasteiger partial charge in [0.1, 0.15) is 5.75 Å². The lowest BCUT2D eigenvalue weighted by Crippen LogP contribution is -2.04. The third kappa shape index (κ3) is 4.42. The zero-order valence-corrected chi connectivity index (χ0v) is 14.8. The first kappa shape index (κ1) is 19.1. The van der Waals surface area contributed by atoms with Gasteiger partial charge in [-0.15, -0.1) is 0 Å². The molecule has 0 atom stereocenters. The highest BCUT2D eigenvalue weighted by Gasteiger charge is 2.14. The molecule has 0 aliphatic carbocycles. The second-order valence-electron chi connectivity index (χ2n) is 5.26. The van der Waals surface area contributed by atoms with Crippen LogP contribution in [0.2, 0.25) is 0 Å². The molecule has 1 N–H and O–H groups in total. The van der Waals surface area contributed by atoms with Crippen molar-refractivity contribution in [3.63, 3.8) is 0 Å². The number of carbonyl (C=O) groups is 2. The Labute approximate surface area is 151 Å². The van der Waals surface area contributed by atoms with Gasteiger partial charge in [0.15, 0.2) is 17.3 Å². The molecular weight excluding hydrogens is 336 g/mol. The van der Waals surface area contributed by atoms with Crippen molar-refractivity contribution < 1.29 is 28.9 Å². The van der Waals surface area contributed by atoms with E-state index in [0.717, 1.165) is 5.56 Å². The lowest BCUT2D eigenvalue weighted by molar-refractivity contribution is 0.0526. The fourth-order valence-electron chi connectivity index (χ4n) is 2.27. The minimum Gasteiger partial charge on any atom is -0.507 e. The van der Waals surface area contributed by atoms with Gasteiger partial charge in [-0.3, -0.25) is 4.79 Å². The summed E-state index contributed by atoms with van der Waals surface area (Å²) in [5.41, 5.74) is 1.27. The Morgan fingerprint density at radius 2 is 1.65 bits per heavy atom. The van der Waals surface area contributed by atoms with Crippen LogP contribution in [0.3, 0.4) is 0 Å². The summed E-state index contributed by atoms with van der Waals surface area (Å²) >= 11 is 0. The number of ketones is 1. The van der Waals surface area contributed by atoms with Crippen LogP contribution >= 0.6 is 0 Å². The Kier molecular flexibility index (Phi) is 6.38. The number of rotatable bonds is 7. The third-order valence-corrected chi connectivity index (χ3v) is 3.62. The highest BCUT2D eigenvalue weighted by molar-refractivity contribution is 6.09. The number of allylic oxidation sites excluding steroid dienone is 1. The van der Waals surface area contributed by atoms with E-state index in [9.17, 15) is 14.7 Å². The number of carbonyl (C=O) groups excluding carboxylic acids is 2. The molecule has 0 saturated carbocycles. The standard InChI is InChI=1S/C20H20O6/c1-4-26-20(23)14-8-5-13(6-9-14)7-10-16(21)15-11-18(24-2)19(25-3)12-17(15)22/h5-12,22H,4H2,1-3H3/b10-7+. The predicted octanol–water partition coefficient (Wildman–Crippen LogP) is 3.48. The SMILES string of the molecule is CCOC(=O)c1ccc(/C=C/C(=O)c2cc(OC)c(OC)cc2O)cc1. The minimum absolute atomic E-state index is 0.0991. The number of phenolic OH excluding ortho intramolecular Hbond substituents is 1. The number of phenols is 1. The zero-order valence-electron chi connectivity index (χ0n) is 14.8. The van der Waals surface area contributed by atoms with Gasteiger partial charge in [0, 0.05) is 6.07 Å². The third-order valence-electron chi connectivity index (χ3n) is 3.62. The van der Waals surface area contributed by atoms with Crippen molar-refractivity contribution >= 4 is 17.8 Å². The molecule has 26 heavy (non-hydrogen) atoms. The number of hydrogen-bond acceptors (Lipinski definition) is 6. The predicted molar refractivity (Wildman–Crippen MR) is 97.0 cm³/mol. The average Bonchev–Trinajstić information content (AvgIpc) is 2.66. The molecule has 2 rings (SSSR count). The Hall–Kier alpha value is -3.28. The van der Waals surface area contributed by atoms with Crippen LogP contribution in [-0.4, -0.2) is 37.7 Å². The molecule has 0 aliphatic heterocycles. The van der Waals surface area contributed by atoms with Crippen molar-refractivity contribution in [2.24, 2.45) is 0 Å². The minimum atomic E-state index is -0.394. The van der Waals surface area contributed by atoms with Gasteiger partial charge in [-0.25, -0.2) is 4.79 Å². The van der Waals surface area contributed by atoms with E-state index in [1.165, 1.54) is 32.4 Å². The monoisotopic (exact) mass is 356 g/mol. The first-order valence-electron chi connectivity index (χ1n) is 7.94. The number of esters is 1. The van der Waals surface area contributed by atoms with E-state index in [1.807, 2.05) is 0 Å². The first-order valence-corrected chi connectivity index (χ1v) is 7.94. The highest BCUT2D eigenvalue weighted by Crippen LogP contribution is 2.34. The van der Waals surface area contributed by atoms with Crippen molar-refractivity contribution in [2.75, 3.05) is 20.8 Å². The second-order valence-corrected chi connectivity index (χ2v) is 5.26. The van der Waals surface area contributed by atoms with Crippen LogP contribution in [0.5, 0.6) is 17.2 Å². The van der Waals surface area contributed by atoms with Crippen LogP contribution < -0.4 is 9.47 Å². The van der Waals surface area contributed by atoms with E-state index < -0.39 is 11.8 Å². The Morgan fingerprint density at radius 3 is 2.23 bits per heavy atom. The van der Waals surface area contributed by atoms with E-state index in [0.29, 0.717) is 23.7 Å². The second kappa shape index (κ2) is 8.71. The lowest BCUT2D eigenvalue weighted by Gasteiger charge is -2.10. The van der Waals surface area contributed by atoms with Gasteiger partial charge in [-0.05, 0) is 36.8 Å². The Bertz CT molecular complexity index is 821. The number of aromatic hydroxyl groups is 1. The summed E-state index contributed by atoms with van der Waals surface area (Å²) in [6.07, 6.45) is 2.92. The molecule has 2 aromatic carbocycles. The van der Waals surface area contributed by atoms with E-state index >= 15 is 0 Å². The molecule has 0 aliphatic rings. The zero-order chi connectivity index (χ0) is 19.1. The van der Waals surface area contributed by atoms with E-state index in [2.05, 4.69) is 0 Å². The average molecular weight is 356 g/mol. The number of hydrogen-bond donors (Lipinski definition) is 1. The van der Waals surface area contributed by atoms with Gasteiger partial charge < -0.3 is 19.3 Å². The summed E-state index contributed by atoms with van der Waals surface area (Å²) in [6.45, 7) is 2.05. The molecule has 2 aromatic rings. The number of methoxy groups -OCH3 is 2. The van der Waals surface area contributed by atoms with Gasteiger partial charge in [0.25, 0.3) is 0 Å². The summed E-state index contributed by atoms with van der Waals surface area (Å²) in [5.74, 6) is -0.303. The molecule has 0 spiro atoms. The molecule has 0 amide bonds. The van der Waals surface area contributed by atoms with Crippen molar-refractivity contribution in [2.45, 2.75) is 6.92 Å². The van der Waals surface area contributed by atoms with Crippen molar-refractivity contribution in [1.82, 2.24) is 0 Å². The summed E-state index contributed by atoms with van der Waals surface area (Å²) in [4.78, 5) is 24.0. The van der Waals surface area contributed by atoms with E-state index in [1.54, 1.807) is 37.3 Å². The number of benzene rings is 2. The van der Waals surface area contributed by atoms with Gasteiger partial charge in [-0.2, -0.15) is 0 Å². The smallest absolute Gasteiger partial charge is 0.338 e. The molecule has 0 radical (unpaired) electrons. The van der Waals surface area contributed by atoms with Crippen LogP contribution in [0.15, 0.2) is 42.5 Å². The van der Waals surface area contributed by atoms with Gasteiger partial charge in [0.05, 0.1) is 32.0 Å². The van der Waals surface area contributed by atoms with Gasteiger partial charge in [0.2, 0.25) is 0 Å². The molecule has 0 saturated heterocycles. The highest BCUT2D eigenvalue weighted by atomic mass is 16.5.